The maximum atomic E-state index is 4.42. The van der Waals surface area contributed by atoms with Crippen molar-refractivity contribution >= 4 is 0 Å². The van der Waals surface area contributed by atoms with Gasteiger partial charge in [0.2, 0.25) is 0 Å². The van der Waals surface area contributed by atoms with E-state index in [-0.39, 0.29) is 0 Å². The van der Waals surface area contributed by atoms with Gasteiger partial charge in [0.15, 0.2) is 0 Å². The van der Waals surface area contributed by atoms with Crippen molar-refractivity contribution < 1.29 is 0 Å². The molecular weight excluding hydrogens is 258 g/mol. The zero-order chi connectivity index (χ0) is 14.2. The molecule has 1 heterocycles. The number of nitrogens with zero attached hydrogens (tertiary/aromatic N) is 2. The van der Waals surface area contributed by atoms with Gasteiger partial charge < -0.3 is 5.32 Å². The average molecular weight is 281 g/mol. The van der Waals surface area contributed by atoms with E-state index >= 15 is 0 Å². The summed E-state index contributed by atoms with van der Waals surface area (Å²) >= 11 is 0. The third-order valence-electron chi connectivity index (χ3n) is 4.96. The van der Waals surface area contributed by atoms with E-state index in [2.05, 4.69) is 41.7 Å². The minimum Gasteiger partial charge on any atom is -0.306 e. The zero-order valence-electron chi connectivity index (χ0n) is 12.7. The summed E-state index contributed by atoms with van der Waals surface area (Å²) in [6, 6.07) is 9.66. The topological polar surface area (TPSA) is 29.9 Å². The van der Waals surface area contributed by atoms with Crippen molar-refractivity contribution in [3.05, 3.63) is 52.8 Å². The number of hydrogen-bond donors (Lipinski definition) is 1. The van der Waals surface area contributed by atoms with Gasteiger partial charge in [0.1, 0.15) is 0 Å². The van der Waals surface area contributed by atoms with Crippen LogP contribution < -0.4 is 5.32 Å². The molecule has 1 saturated carbocycles. The van der Waals surface area contributed by atoms with Crippen molar-refractivity contribution in [3.8, 4) is 0 Å². The summed E-state index contributed by atoms with van der Waals surface area (Å²) in [5, 5.41) is 8.14. The smallest absolute Gasteiger partial charge is 0.0540 e. The Balaban J connectivity index is 1.42. The molecule has 2 aromatic rings. The summed E-state index contributed by atoms with van der Waals surface area (Å²) in [4.78, 5) is 0. The van der Waals surface area contributed by atoms with Crippen molar-refractivity contribution in [2.45, 2.75) is 50.6 Å². The highest BCUT2D eigenvalue weighted by atomic mass is 15.3. The van der Waals surface area contributed by atoms with Gasteiger partial charge in [-0.05, 0) is 49.1 Å². The van der Waals surface area contributed by atoms with Crippen LogP contribution in [0.15, 0.2) is 30.5 Å². The lowest BCUT2D eigenvalue weighted by atomic mass is 9.93. The van der Waals surface area contributed by atoms with E-state index in [0.717, 1.165) is 12.5 Å². The highest BCUT2D eigenvalue weighted by Crippen LogP contribution is 2.39. The van der Waals surface area contributed by atoms with Crippen LogP contribution in [0.3, 0.4) is 0 Å². The molecule has 2 aliphatic carbocycles. The van der Waals surface area contributed by atoms with Crippen LogP contribution in [0.25, 0.3) is 0 Å². The molecule has 2 aliphatic rings. The molecule has 0 aliphatic heterocycles. The van der Waals surface area contributed by atoms with E-state index in [9.17, 15) is 0 Å². The molecule has 3 heteroatoms. The summed E-state index contributed by atoms with van der Waals surface area (Å²) < 4.78 is 2.04. The molecule has 4 rings (SSSR count). The molecular formula is C18H23N3. The highest BCUT2D eigenvalue weighted by molar-refractivity contribution is 5.29. The van der Waals surface area contributed by atoms with Crippen molar-refractivity contribution in [3.63, 3.8) is 0 Å². The third-order valence-corrected chi connectivity index (χ3v) is 4.96. The Morgan fingerprint density at radius 2 is 2.00 bits per heavy atom. The molecule has 110 valence electrons. The average Bonchev–Trinajstić information content (AvgIpc) is 3.30. The van der Waals surface area contributed by atoms with Gasteiger partial charge in [0, 0.05) is 30.9 Å². The normalized spacial score (nSPS) is 21.3. The standard InChI is InChI=1S/C18H23N3/c1-21-18-4-2-3-17(16(18)12-20-21)19-11-13-5-7-14(8-6-13)15-9-10-15/h5-8,12,15,17,19H,2-4,9-11H2,1H3. The first-order valence-corrected chi connectivity index (χ1v) is 8.14. The Morgan fingerprint density at radius 1 is 1.19 bits per heavy atom. The van der Waals surface area contributed by atoms with Gasteiger partial charge in [-0.25, -0.2) is 0 Å². The predicted molar refractivity (Wildman–Crippen MR) is 84.1 cm³/mol. The van der Waals surface area contributed by atoms with Crippen LogP contribution >= 0.6 is 0 Å². The van der Waals surface area contributed by atoms with Gasteiger partial charge in [0.25, 0.3) is 0 Å². The van der Waals surface area contributed by atoms with Crippen LogP contribution in [-0.4, -0.2) is 9.78 Å². The largest absolute Gasteiger partial charge is 0.306 e. The van der Waals surface area contributed by atoms with E-state index in [1.165, 1.54) is 54.5 Å². The summed E-state index contributed by atoms with van der Waals surface area (Å²) in [5.74, 6) is 0.850. The lowest BCUT2D eigenvalue weighted by Gasteiger charge is -2.24. The maximum absolute atomic E-state index is 4.42. The van der Waals surface area contributed by atoms with Crippen LogP contribution in [0.5, 0.6) is 0 Å². The predicted octanol–water partition coefficient (Wildman–Crippen LogP) is 3.46. The summed E-state index contributed by atoms with van der Waals surface area (Å²) in [6.07, 6.45) is 8.44. The van der Waals surface area contributed by atoms with Gasteiger partial charge in [-0.15, -0.1) is 0 Å². The Labute approximate surface area is 126 Å². The maximum Gasteiger partial charge on any atom is 0.0540 e. The molecule has 1 fully saturated rings. The Morgan fingerprint density at radius 3 is 2.76 bits per heavy atom. The fraction of sp³-hybridized carbons (Fsp3) is 0.500. The molecule has 3 nitrogen and oxygen atoms in total. The molecule has 1 atom stereocenters. The van der Waals surface area contributed by atoms with Gasteiger partial charge in [-0.2, -0.15) is 5.10 Å². The molecule has 1 unspecified atom stereocenters. The van der Waals surface area contributed by atoms with Crippen molar-refractivity contribution in [1.29, 1.82) is 0 Å². The molecule has 0 radical (unpaired) electrons. The summed E-state index contributed by atoms with van der Waals surface area (Å²) in [7, 11) is 2.05. The molecule has 0 spiro atoms. The first kappa shape index (κ1) is 13.1. The number of rotatable bonds is 4. The van der Waals surface area contributed by atoms with Gasteiger partial charge in [0.05, 0.1) is 6.20 Å². The van der Waals surface area contributed by atoms with E-state index in [1.807, 2.05) is 10.9 Å². The van der Waals surface area contributed by atoms with Gasteiger partial charge >= 0.3 is 0 Å². The lowest BCUT2D eigenvalue weighted by Crippen LogP contribution is -2.24. The highest BCUT2D eigenvalue weighted by Gasteiger charge is 2.24. The fourth-order valence-corrected chi connectivity index (χ4v) is 3.48. The number of nitrogens with one attached hydrogen (secondary N) is 1. The fourth-order valence-electron chi connectivity index (χ4n) is 3.48. The molecule has 1 aromatic carbocycles. The molecule has 21 heavy (non-hydrogen) atoms. The van der Waals surface area contributed by atoms with Gasteiger partial charge in [-0.1, -0.05) is 24.3 Å². The van der Waals surface area contributed by atoms with Crippen LogP contribution in [-0.2, 0) is 20.0 Å². The molecule has 0 bridgehead atoms. The lowest BCUT2D eigenvalue weighted by molar-refractivity contribution is 0.452. The molecule has 1 aromatic heterocycles. The Bertz CT molecular complexity index is 622. The number of aromatic nitrogens is 2. The van der Waals surface area contributed by atoms with E-state index in [4.69, 9.17) is 0 Å². The number of benzene rings is 1. The number of hydrogen-bond acceptors (Lipinski definition) is 2. The Kier molecular flexibility index (Phi) is 3.30. The second-order valence-corrected chi connectivity index (χ2v) is 6.51. The van der Waals surface area contributed by atoms with Gasteiger partial charge in [-0.3, -0.25) is 4.68 Å². The SMILES string of the molecule is Cn1ncc2c1CCCC2NCc1ccc(C2CC2)cc1. The van der Waals surface area contributed by atoms with E-state index in [1.54, 1.807) is 0 Å². The van der Waals surface area contributed by atoms with Crippen LogP contribution in [0.4, 0.5) is 0 Å². The second kappa shape index (κ2) is 5.30. The minimum atomic E-state index is 0.463. The first-order valence-electron chi connectivity index (χ1n) is 8.14. The summed E-state index contributed by atoms with van der Waals surface area (Å²) in [6.45, 7) is 0.948. The molecule has 0 saturated heterocycles. The molecule has 1 N–H and O–H groups in total. The van der Waals surface area contributed by atoms with Crippen molar-refractivity contribution in [2.75, 3.05) is 0 Å². The van der Waals surface area contributed by atoms with Crippen molar-refractivity contribution in [1.82, 2.24) is 15.1 Å². The third kappa shape index (κ3) is 2.62. The Hall–Kier alpha value is -1.61. The van der Waals surface area contributed by atoms with Crippen LogP contribution in [0.1, 0.15) is 60.0 Å². The van der Waals surface area contributed by atoms with Crippen LogP contribution in [0.2, 0.25) is 0 Å². The van der Waals surface area contributed by atoms with Crippen LogP contribution in [0, 0.1) is 0 Å². The zero-order valence-corrected chi connectivity index (χ0v) is 12.7. The monoisotopic (exact) mass is 281 g/mol. The summed E-state index contributed by atoms with van der Waals surface area (Å²) in [5.41, 5.74) is 5.71. The van der Waals surface area contributed by atoms with E-state index < -0.39 is 0 Å². The van der Waals surface area contributed by atoms with Crippen molar-refractivity contribution in [2.24, 2.45) is 7.05 Å². The van der Waals surface area contributed by atoms with E-state index in [0.29, 0.717) is 6.04 Å². The number of aryl methyl sites for hydroxylation is 1. The second-order valence-electron chi connectivity index (χ2n) is 6.51. The molecule has 0 amide bonds. The quantitative estimate of drug-likeness (QED) is 0.930. The number of fused-ring (bicyclic) bond motifs is 1. The first-order chi connectivity index (χ1) is 10.3. The minimum absolute atomic E-state index is 0.463.